The van der Waals surface area contributed by atoms with Gasteiger partial charge in [0.05, 0.1) is 11.0 Å². The van der Waals surface area contributed by atoms with E-state index in [9.17, 15) is 0 Å². The largest absolute Gasteiger partial charge is 0.369 e. The molecule has 0 saturated carbocycles. The van der Waals surface area contributed by atoms with Gasteiger partial charge in [0, 0.05) is 19.1 Å². The molecular weight excluding hydrogens is 248 g/mol. The zero-order valence-corrected chi connectivity index (χ0v) is 12.6. The summed E-state index contributed by atoms with van der Waals surface area (Å²) in [5.74, 6) is 1.33. The molecule has 2 aromatic rings. The average molecular weight is 272 g/mol. The maximum Gasteiger partial charge on any atom is 0.201 e. The van der Waals surface area contributed by atoms with Crippen LogP contribution in [0.15, 0.2) is 18.2 Å². The minimum atomic E-state index is 0.638. The van der Waals surface area contributed by atoms with E-state index in [1.807, 2.05) is 0 Å². The van der Waals surface area contributed by atoms with Gasteiger partial charge < -0.3 is 15.2 Å². The third kappa shape index (κ3) is 2.40. The molecule has 4 heteroatoms. The second kappa shape index (κ2) is 5.09. The van der Waals surface area contributed by atoms with Crippen molar-refractivity contribution < 1.29 is 0 Å². The first-order valence-electron chi connectivity index (χ1n) is 7.51. The number of benzene rings is 1. The maximum absolute atomic E-state index is 6.11. The van der Waals surface area contributed by atoms with Crippen molar-refractivity contribution in [2.75, 3.05) is 18.8 Å². The van der Waals surface area contributed by atoms with Crippen LogP contribution in [0.1, 0.15) is 25.8 Å². The first-order chi connectivity index (χ1) is 9.54. The molecule has 1 saturated heterocycles. The molecule has 2 heterocycles. The van der Waals surface area contributed by atoms with Crippen molar-refractivity contribution in [3.8, 4) is 0 Å². The highest BCUT2D eigenvalue weighted by molar-refractivity contribution is 5.79. The lowest BCUT2D eigenvalue weighted by atomic mass is 10.1. The monoisotopic (exact) mass is 272 g/mol. The number of anilines is 1. The molecule has 1 unspecified atom stereocenters. The van der Waals surface area contributed by atoms with Crippen LogP contribution in [0.3, 0.4) is 0 Å². The third-order valence-corrected chi connectivity index (χ3v) is 4.42. The van der Waals surface area contributed by atoms with Crippen molar-refractivity contribution in [3.63, 3.8) is 0 Å². The summed E-state index contributed by atoms with van der Waals surface area (Å²) in [5.41, 5.74) is 9.55. The van der Waals surface area contributed by atoms with Crippen LogP contribution in [-0.4, -0.2) is 33.6 Å². The van der Waals surface area contributed by atoms with Crippen LogP contribution in [0.4, 0.5) is 5.95 Å². The van der Waals surface area contributed by atoms with E-state index in [4.69, 9.17) is 5.73 Å². The molecule has 0 radical (unpaired) electrons. The minimum Gasteiger partial charge on any atom is -0.369 e. The Morgan fingerprint density at radius 3 is 2.90 bits per heavy atom. The fourth-order valence-corrected chi connectivity index (χ4v) is 3.18. The summed E-state index contributed by atoms with van der Waals surface area (Å²) in [7, 11) is 0. The number of aromatic nitrogens is 2. The molecule has 1 fully saturated rings. The fraction of sp³-hybridized carbons (Fsp3) is 0.562. The smallest absolute Gasteiger partial charge is 0.201 e. The van der Waals surface area contributed by atoms with Crippen molar-refractivity contribution in [1.29, 1.82) is 0 Å². The summed E-state index contributed by atoms with van der Waals surface area (Å²) < 4.78 is 2.19. The number of nitrogens with zero attached hydrogens (tertiary/aromatic N) is 3. The number of hydrogen-bond donors (Lipinski definition) is 1. The van der Waals surface area contributed by atoms with Crippen LogP contribution in [-0.2, 0) is 6.54 Å². The Morgan fingerprint density at radius 2 is 2.20 bits per heavy atom. The normalized spacial score (nSPS) is 20.3. The Kier molecular flexibility index (Phi) is 3.42. The van der Waals surface area contributed by atoms with Crippen molar-refractivity contribution in [1.82, 2.24) is 14.5 Å². The molecule has 4 nitrogen and oxygen atoms in total. The molecule has 3 rings (SSSR count). The SMILES string of the molecule is Cc1ccc2nc(N)n(CC3CCN(C(C)C)C3)c2c1. The Balaban J connectivity index is 1.84. The van der Waals surface area contributed by atoms with Gasteiger partial charge in [-0.05, 0) is 57.4 Å². The standard InChI is InChI=1S/C16H24N4/c1-11(2)19-7-6-13(9-19)10-20-15-8-12(3)4-5-14(15)18-16(20)17/h4-5,8,11,13H,6-7,9-10H2,1-3H3,(H2,17,18). The predicted octanol–water partition coefficient (Wildman–Crippen LogP) is 2.66. The van der Waals surface area contributed by atoms with Crippen LogP contribution in [0.25, 0.3) is 11.0 Å². The lowest BCUT2D eigenvalue weighted by Crippen LogP contribution is -2.28. The number of imidazole rings is 1. The highest BCUT2D eigenvalue weighted by atomic mass is 15.2. The van der Waals surface area contributed by atoms with E-state index >= 15 is 0 Å². The van der Waals surface area contributed by atoms with Crippen molar-refractivity contribution in [2.24, 2.45) is 5.92 Å². The van der Waals surface area contributed by atoms with Crippen molar-refractivity contribution in [2.45, 2.75) is 39.8 Å². The molecular formula is C16H24N4. The number of aryl methyl sites for hydroxylation is 1. The van der Waals surface area contributed by atoms with E-state index in [2.05, 4.69) is 53.4 Å². The zero-order chi connectivity index (χ0) is 14.3. The molecule has 0 spiro atoms. The Hall–Kier alpha value is -1.55. The van der Waals surface area contributed by atoms with Crippen molar-refractivity contribution in [3.05, 3.63) is 23.8 Å². The van der Waals surface area contributed by atoms with Gasteiger partial charge in [-0.3, -0.25) is 0 Å². The molecule has 20 heavy (non-hydrogen) atoms. The van der Waals surface area contributed by atoms with Crippen LogP contribution in [0.2, 0.25) is 0 Å². The van der Waals surface area contributed by atoms with Gasteiger partial charge in [-0.1, -0.05) is 6.07 Å². The first kappa shape index (κ1) is 13.4. The van der Waals surface area contributed by atoms with Crippen LogP contribution < -0.4 is 5.73 Å². The predicted molar refractivity (Wildman–Crippen MR) is 83.7 cm³/mol. The Bertz CT molecular complexity index is 614. The van der Waals surface area contributed by atoms with E-state index in [1.165, 1.54) is 30.6 Å². The maximum atomic E-state index is 6.11. The van der Waals surface area contributed by atoms with Gasteiger partial charge >= 0.3 is 0 Å². The molecule has 1 atom stereocenters. The van der Waals surface area contributed by atoms with Crippen molar-refractivity contribution >= 4 is 17.0 Å². The number of likely N-dealkylation sites (tertiary alicyclic amines) is 1. The van der Waals surface area contributed by atoms with Gasteiger partial charge in [0.2, 0.25) is 5.95 Å². The van der Waals surface area contributed by atoms with Gasteiger partial charge in [-0.2, -0.15) is 0 Å². The lowest BCUT2D eigenvalue weighted by Gasteiger charge is -2.20. The van der Waals surface area contributed by atoms with E-state index < -0.39 is 0 Å². The van der Waals surface area contributed by atoms with E-state index in [1.54, 1.807) is 0 Å². The number of nitrogen functional groups attached to an aromatic ring is 1. The first-order valence-corrected chi connectivity index (χ1v) is 7.51. The zero-order valence-electron chi connectivity index (χ0n) is 12.6. The van der Waals surface area contributed by atoms with E-state index in [0.29, 0.717) is 17.9 Å². The molecule has 0 bridgehead atoms. The summed E-state index contributed by atoms with van der Waals surface area (Å²) in [5, 5.41) is 0. The fourth-order valence-electron chi connectivity index (χ4n) is 3.18. The van der Waals surface area contributed by atoms with Gasteiger partial charge in [0.25, 0.3) is 0 Å². The third-order valence-electron chi connectivity index (χ3n) is 4.42. The number of nitrogens with two attached hydrogens (primary N) is 1. The number of rotatable bonds is 3. The molecule has 1 aromatic carbocycles. The van der Waals surface area contributed by atoms with E-state index in [-0.39, 0.29) is 0 Å². The molecule has 1 aliphatic heterocycles. The van der Waals surface area contributed by atoms with E-state index in [0.717, 1.165) is 12.1 Å². The number of hydrogen-bond acceptors (Lipinski definition) is 3. The highest BCUT2D eigenvalue weighted by Crippen LogP contribution is 2.25. The summed E-state index contributed by atoms with van der Waals surface area (Å²) in [6.07, 6.45) is 1.25. The average Bonchev–Trinajstić information content (AvgIpc) is 2.97. The van der Waals surface area contributed by atoms with Crippen LogP contribution >= 0.6 is 0 Å². The topological polar surface area (TPSA) is 47.1 Å². The number of fused-ring (bicyclic) bond motifs is 1. The van der Waals surface area contributed by atoms with Gasteiger partial charge in [-0.25, -0.2) is 4.98 Å². The van der Waals surface area contributed by atoms with Gasteiger partial charge in [-0.15, -0.1) is 0 Å². The second-order valence-corrected chi connectivity index (χ2v) is 6.32. The molecule has 0 amide bonds. The van der Waals surface area contributed by atoms with Gasteiger partial charge in [0.15, 0.2) is 0 Å². The van der Waals surface area contributed by atoms with Gasteiger partial charge in [0.1, 0.15) is 0 Å². The Morgan fingerprint density at radius 1 is 1.40 bits per heavy atom. The van der Waals surface area contributed by atoms with Crippen LogP contribution in [0.5, 0.6) is 0 Å². The van der Waals surface area contributed by atoms with Crippen LogP contribution in [0, 0.1) is 12.8 Å². The summed E-state index contributed by atoms with van der Waals surface area (Å²) in [4.78, 5) is 7.02. The second-order valence-electron chi connectivity index (χ2n) is 6.32. The molecule has 1 aromatic heterocycles. The highest BCUT2D eigenvalue weighted by Gasteiger charge is 2.25. The lowest BCUT2D eigenvalue weighted by molar-refractivity contribution is 0.261. The molecule has 2 N–H and O–H groups in total. The summed E-state index contributed by atoms with van der Waals surface area (Å²) in [6.45, 7) is 10.0. The minimum absolute atomic E-state index is 0.638. The molecule has 0 aliphatic carbocycles. The Labute approximate surface area is 120 Å². The quantitative estimate of drug-likeness (QED) is 0.934. The molecule has 108 valence electrons. The summed E-state index contributed by atoms with van der Waals surface area (Å²) in [6, 6.07) is 6.98. The molecule has 1 aliphatic rings. The summed E-state index contributed by atoms with van der Waals surface area (Å²) >= 11 is 0.